The number of rotatable bonds is 4. The first-order chi connectivity index (χ1) is 6.94. The molecule has 0 N–H and O–H groups in total. The normalized spacial score (nSPS) is 19.5. The molecule has 1 aliphatic rings. The molecule has 0 saturated carbocycles. The van der Waals surface area contributed by atoms with Crippen molar-refractivity contribution < 1.29 is 4.79 Å². The van der Waals surface area contributed by atoms with Gasteiger partial charge in [0.05, 0.1) is 5.54 Å². The quantitative estimate of drug-likeness (QED) is 0.712. The van der Waals surface area contributed by atoms with Gasteiger partial charge in [0.2, 0.25) is 0 Å². The minimum Gasteiger partial charge on any atom is -0.298 e. The zero-order chi connectivity index (χ0) is 11.5. The van der Waals surface area contributed by atoms with E-state index >= 15 is 0 Å². The molecule has 1 saturated heterocycles. The molecule has 0 unspecified atom stereocenters. The van der Waals surface area contributed by atoms with Gasteiger partial charge >= 0.3 is 0 Å². The van der Waals surface area contributed by atoms with Crippen LogP contribution in [0.25, 0.3) is 0 Å². The molecule has 1 fully saturated rings. The van der Waals surface area contributed by atoms with E-state index < -0.39 is 0 Å². The fraction of sp³-hybridized carbons (Fsp3) is 0.923. The van der Waals surface area contributed by atoms with Crippen molar-refractivity contribution in [3.05, 3.63) is 0 Å². The smallest absolute Gasteiger partial charge is 0.152 e. The molecule has 0 radical (unpaired) electrons. The topological polar surface area (TPSA) is 20.3 Å². The minimum atomic E-state index is -0.245. The van der Waals surface area contributed by atoms with Gasteiger partial charge in [-0.15, -0.1) is 0 Å². The third kappa shape index (κ3) is 3.30. The average molecular weight is 211 g/mol. The molecule has 0 atom stereocenters. The number of carbonyl (C=O) groups excluding carboxylic acids is 1. The Morgan fingerprint density at radius 3 is 2.20 bits per heavy atom. The molecule has 88 valence electrons. The van der Waals surface area contributed by atoms with Crippen LogP contribution in [0.2, 0.25) is 0 Å². The Morgan fingerprint density at radius 1 is 1.20 bits per heavy atom. The van der Waals surface area contributed by atoms with Gasteiger partial charge in [-0.25, -0.2) is 0 Å². The summed E-state index contributed by atoms with van der Waals surface area (Å²) in [6, 6.07) is 0. The van der Waals surface area contributed by atoms with E-state index in [4.69, 9.17) is 0 Å². The van der Waals surface area contributed by atoms with E-state index in [2.05, 4.69) is 32.6 Å². The van der Waals surface area contributed by atoms with Crippen molar-refractivity contribution in [3.8, 4) is 0 Å². The lowest BCUT2D eigenvalue weighted by Gasteiger charge is -2.40. The van der Waals surface area contributed by atoms with E-state index in [0.29, 0.717) is 18.1 Å². The monoisotopic (exact) mass is 211 g/mol. The number of likely N-dealkylation sites (tertiary alicyclic amines) is 1. The Kier molecular flexibility index (Phi) is 4.32. The van der Waals surface area contributed by atoms with Crippen molar-refractivity contribution in [2.45, 2.75) is 58.9 Å². The van der Waals surface area contributed by atoms with Crippen LogP contribution in [0.1, 0.15) is 53.4 Å². The molecule has 0 aromatic carbocycles. The largest absolute Gasteiger partial charge is 0.298 e. The molecule has 0 spiro atoms. The van der Waals surface area contributed by atoms with Gasteiger partial charge in [0.25, 0.3) is 0 Å². The summed E-state index contributed by atoms with van der Waals surface area (Å²) in [6.45, 7) is 10.6. The summed E-state index contributed by atoms with van der Waals surface area (Å²) < 4.78 is 0. The van der Waals surface area contributed by atoms with Crippen LogP contribution in [0.4, 0.5) is 0 Å². The van der Waals surface area contributed by atoms with E-state index in [1.165, 1.54) is 19.3 Å². The van der Waals surface area contributed by atoms with Crippen LogP contribution in [-0.2, 0) is 4.79 Å². The Balaban J connectivity index is 2.58. The van der Waals surface area contributed by atoms with Gasteiger partial charge in [0.15, 0.2) is 5.78 Å². The van der Waals surface area contributed by atoms with Gasteiger partial charge in [0.1, 0.15) is 0 Å². The second-order valence-electron chi connectivity index (χ2n) is 5.63. The van der Waals surface area contributed by atoms with Crippen LogP contribution in [0.3, 0.4) is 0 Å². The molecule has 0 aromatic rings. The van der Waals surface area contributed by atoms with Crippen molar-refractivity contribution in [3.63, 3.8) is 0 Å². The standard InChI is InChI=1S/C13H25NO/c1-11(2)10-12(15)13(3,4)14-8-6-5-7-9-14/h11H,5-10H2,1-4H3. The Bertz CT molecular complexity index is 215. The predicted octanol–water partition coefficient (Wildman–Crippen LogP) is 2.87. The average Bonchev–Trinajstić information content (AvgIpc) is 2.18. The molecule has 0 aliphatic carbocycles. The van der Waals surface area contributed by atoms with Crippen LogP contribution < -0.4 is 0 Å². The summed E-state index contributed by atoms with van der Waals surface area (Å²) in [6.07, 6.45) is 4.53. The molecular formula is C13H25NO. The molecule has 15 heavy (non-hydrogen) atoms. The molecule has 0 bridgehead atoms. The summed E-state index contributed by atoms with van der Waals surface area (Å²) in [5.74, 6) is 0.876. The molecule has 2 nitrogen and oxygen atoms in total. The fourth-order valence-electron chi connectivity index (χ4n) is 2.25. The molecular weight excluding hydrogens is 186 g/mol. The Morgan fingerprint density at radius 2 is 1.73 bits per heavy atom. The van der Waals surface area contributed by atoms with Gasteiger partial charge in [0, 0.05) is 6.42 Å². The van der Waals surface area contributed by atoms with Gasteiger partial charge in [-0.2, -0.15) is 0 Å². The van der Waals surface area contributed by atoms with Crippen molar-refractivity contribution in [2.75, 3.05) is 13.1 Å². The molecule has 1 aliphatic heterocycles. The number of ketones is 1. The molecule has 1 heterocycles. The number of nitrogens with zero attached hydrogens (tertiary/aromatic N) is 1. The van der Waals surface area contributed by atoms with Crippen LogP contribution in [0, 0.1) is 5.92 Å². The SMILES string of the molecule is CC(C)CC(=O)C(C)(C)N1CCCCC1. The number of hydrogen-bond donors (Lipinski definition) is 0. The first kappa shape index (κ1) is 12.7. The van der Waals surface area contributed by atoms with E-state index in [1.54, 1.807) is 0 Å². The first-order valence-electron chi connectivity index (χ1n) is 6.23. The zero-order valence-corrected chi connectivity index (χ0v) is 10.7. The molecule has 1 rings (SSSR count). The highest BCUT2D eigenvalue weighted by atomic mass is 16.1. The second kappa shape index (κ2) is 5.11. The van der Waals surface area contributed by atoms with Gasteiger partial charge in [-0.1, -0.05) is 20.3 Å². The lowest BCUT2D eigenvalue weighted by Crippen LogP contribution is -2.52. The van der Waals surface area contributed by atoms with Crippen LogP contribution in [-0.4, -0.2) is 29.3 Å². The van der Waals surface area contributed by atoms with E-state index in [1.807, 2.05) is 0 Å². The maximum absolute atomic E-state index is 12.1. The first-order valence-corrected chi connectivity index (χ1v) is 6.23. The van der Waals surface area contributed by atoms with Gasteiger partial charge in [-0.3, -0.25) is 9.69 Å². The summed E-state index contributed by atoms with van der Waals surface area (Å²) >= 11 is 0. The number of hydrogen-bond acceptors (Lipinski definition) is 2. The molecule has 2 heteroatoms. The minimum absolute atomic E-state index is 0.245. The Hall–Kier alpha value is -0.370. The van der Waals surface area contributed by atoms with E-state index in [9.17, 15) is 4.79 Å². The summed E-state index contributed by atoms with van der Waals surface area (Å²) in [5.41, 5.74) is -0.245. The van der Waals surface area contributed by atoms with E-state index in [0.717, 1.165) is 13.1 Å². The van der Waals surface area contributed by atoms with E-state index in [-0.39, 0.29) is 5.54 Å². The molecule has 0 amide bonds. The van der Waals surface area contributed by atoms with Crippen LogP contribution >= 0.6 is 0 Å². The third-order valence-electron chi connectivity index (χ3n) is 3.42. The maximum Gasteiger partial charge on any atom is 0.152 e. The highest BCUT2D eigenvalue weighted by Gasteiger charge is 2.34. The van der Waals surface area contributed by atoms with Crippen LogP contribution in [0.15, 0.2) is 0 Å². The summed E-state index contributed by atoms with van der Waals surface area (Å²) in [5, 5.41) is 0. The highest BCUT2D eigenvalue weighted by Crippen LogP contribution is 2.23. The number of carbonyl (C=O) groups is 1. The fourth-order valence-corrected chi connectivity index (χ4v) is 2.25. The maximum atomic E-state index is 12.1. The second-order valence-corrected chi connectivity index (χ2v) is 5.63. The van der Waals surface area contributed by atoms with Gasteiger partial charge in [-0.05, 0) is 45.7 Å². The predicted molar refractivity (Wildman–Crippen MR) is 64.0 cm³/mol. The van der Waals surface area contributed by atoms with Crippen molar-refractivity contribution >= 4 is 5.78 Å². The van der Waals surface area contributed by atoms with Crippen molar-refractivity contribution in [1.82, 2.24) is 4.90 Å². The lowest BCUT2D eigenvalue weighted by molar-refractivity contribution is -0.130. The summed E-state index contributed by atoms with van der Waals surface area (Å²) in [4.78, 5) is 14.5. The summed E-state index contributed by atoms with van der Waals surface area (Å²) in [7, 11) is 0. The highest BCUT2D eigenvalue weighted by molar-refractivity contribution is 5.87. The van der Waals surface area contributed by atoms with Crippen molar-refractivity contribution in [2.24, 2.45) is 5.92 Å². The number of Topliss-reactive ketones (excluding diaryl/α,β-unsaturated/α-hetero) is 1. The van der Waals surface area contributed by atoms with Crippen molar-refractivity contribution in [1.29, 1.82) is 0 Å². The van der Waals surface area contributed by atoms with Gasteiger partial charge < -0.3 is 0 Å². The lowest BCUT2D eigenvalue weighted by atomic mass is 9.89. The zero-order valence-electron chi connectivity index (χ0n) is 10.7. The molecule has 0 aromatic heterocycles. The third-order valence-corrected chi connectivity index (χ3v) is 3.42. The number of piperidine rings is 1. The van der Waals surface area contributed by atoms with Crippen LogP contribution in [0.5, 0.6) is 0 Å². The Labute approximate surface area is 94.0 Å².